The highest BCUT2D eigenvalue weighted by molar-refractivity contribution is 5.82. The first-order valence-corrected chi connectivity index (χ1v) is 6.64. The standard InChI is InChI=1S/C13H25N5O/c1-10(2)17(3)7-5-6-15-13(19)12(14)11-8-16-18(4)9-11/h8-10,12H,5-7,14H2,1-4H3,(H,15,19). The SMILES string of the molecule is CC(C)N(C)CCCNC(=O)C(N)c1cnn(C)c1. The van der Waals surface area contributed by atoms with Crippen molar-refractivity contribution in [2.45, 2.75) is 32.4 Å². The summed E-state index contributed by atoms with van der Waals surface area (Å²) in [7, 11) is 3.88. The van der Waals surface area contributed by atoms with Crippen molar-refractivity contribution in [3.05, 3.63) is 18.0 Å². The maximum atomic E-state index is 11.8. The molecule has 0 aromatic carbocycles. The summed E-state index contributed by atoms with van der Waals surface area (Å²) in [4.78, 5) is 14.1. The molecule has 6 heteroatoms. The fourth-order valence-electron chi connectivity index (χ4n) is 1.66. The third kappa shape index (κ3) is 5.00. The summed E-state index contributed by atoms with van der Waals surface area (Å²) in [6, 6.07) is -0.120. The van der Waals surface area contributed by atoms with Crippen LogP contribution in [0, 0.1) is 0 Å². The van der Waals surface area contributed by atoms with Gasteiger partial charge in [0.2, 0.25) is 5.91 Å². The van der Waals surface area contributed by atoms with Gasteiger partial charge in [-0.25, -0.2) is 0 Å². The van der Waals surface area contributed by atoms with E-state index in [4.69, 9.17) is 5.73 Å². The minimum atomic E-state index is -0.642. The summed E-state index contributed by atoms with van der Waals surface area (Å²) in [6.45, 7) is 5.90. The first-order valence-electron chi connectivity index (χ1n) is 6.64. The molecule has 1 rings (SSSR count). The highest BCUT2D eigenvalue weighted by Gasteiger charge is 2.16. The summed E-state index contributed by atoms with van der Waals surface area (Å²) in [5.41, 5.74) is 6.60. The van der Waals surface area contributed by atoms with Crippen molar-refractivity contribution in [1.29, 1.82) is 0 Å². The molecule has 0 aliphatic rings. The highest BCUT2D eigenvalue weighted by atomic mass is 16.2. The number of hydrogen-bond donors (Lipinski definition) is 2. The van der Waals surface area contributed by atoms with Crippen LogP contribution < -0.4 is 11.1 Å². The summed E-state index contributed by atoms with van der Waals surface area (Å²) in [5.74, 6) is -0.153. The number of aromatic nitrogens is 2. The molecule has 0 aliphatic heterocycles. The van der Waals surface area contributed by atoms with Crippen LogP contribution in [-0.4, -0.2) is 46.8 Å². The number of aryl methyl sites for hydroxylation is 1. The highest BCUT2D eigenvalue weighted by Crippen LogP contribution is 2.08. The first-order chi connectivity index (χ1) is 8.91. The quantitative estimate of drug-likeness (QED) is 0.695. The van der Waals surface area contributed by atoms with Crippen LogP contribution in [0.5, 0.6) is 0 Å². The number of rotatable bonds is 7. The third-order valence-corrected chi connectivity index (χ3v) is 3.23. The number of hydrogen-bond acceptors (Lipinski definition) is 4. The zero-order valence-corrected chi connectivity index (χ0v) is 12.3. The van der Waals surface area contributed by atoms with Crippen LogP contribution in [0.15, 0.2) is 12.4 Å². The predicted molar refractivity (Wildman–Crippen MR) is 75.5 cm³/mol. The molecule has 1 unspecified atom stereocenters. The third-order valence-electron chi connectivity index (χ3n) is 3.23. The van der Waals surface area contributed by atoms with Crippen molar-refractivity contribution in [1.82, 2.24) is 20.0 Å². The van der Waals surface area contributed by atoms with E-state index in [9.17, 15) is 4.79 Å². The van der Waals surface area contributed by atoms with E-state index in [-0.39, 0.29) is 5.91 Å². The molecule has 0 radical (unpaired) electrons. The van der Waals surface area contributed by atoms with Crippen molar-refractivity contribution in [2.75, 3.05) is 20.1 Å². The summed E-state index contributed by atoms with van der Waals surface area (Å²) in [6.07, 6.45) is 4.30. The van der Waals surface area contributed by atoms with Gasteiger partial charge >= 0.3 is 0 Å². The van der Waals surface area contributed by atoms with Crippen molar-refractivity contribution < 1.29 is 4.79 Å². The van der Waals surface area contributed by atoms with Crippen LogP contribution >= 0.6 is 0 Å². The number of nitrogens with one attached hydrogen (secondary N) is 1. The van der Waals surface area contributed by atoms with Gasteiger partial charge in [-0.15, -0.1) is 0 Å². The Kier molecular flexibility index (Phi) is 5.98. The van der Waals surface area contributed by atoms with Crippen LogP contribution in [-0.2, 0) is 11.8 Å². The van der Waals surface area contributed by atoms with E-state index in [1.54, 1.807) is 24.1 Å². The zero-order valence-electron chi connectivity index (χ0n) is 12.3. The van der Waals surface area contributed by atoms with Gasteiger partial charge in [-0.05, 0) is 33.9 Å². The lowest BCUT2D eigenvalue weighted by molar-refractivity contribution is -0.122. The Morgan fingerprint density at radius 3 is 2.79 bits per heavy atom. The van der Waals surface area contributed by atoms with Gasteiger partial charge in [0.05, 0.1) is 6.20 Å². The molecule has 0 fully saturated rings. The smallest absolute Gasteiger partial charge is 0.241 e. The predicted octanol–water partition coefficient (Wildman–Crippen LogP) is 0.266. The van der Waals surface area contributed by atoms with Gasteiger partial charge in [0.1, 0.15) is 6.04 Å². The molecule has 1 amide bonds. The molecule has 108 valence electrons. The molecule has 0 bridgehead atoms. The van der Waals surface area contributed by atoms with Crippen LogP contribution in [0.2, 0.25) is 0 Å². The van der Waals surface area contributed by atoms with E-state index in [2.05, 4.69) is 36.2 Å². The number of amides is 1. The Morgan fingerprint density at radius 1 is 1.58 bits per heavy atom. The Morgan fingerprint density at radius 2 is 2.26 bits per heavy atom. The van der Waals surface area contributed by atoms with Gasteiger partial charge in [-0.3, -0.25) is 9.48 Å². The number of nitrogens with zero attached hydrogens (tertiary/aromatic N) is 3. The molecule has 0 spiro atoms. The normalized spacial score (nSPS) is 13.0. The van der Waals surface area contributed by atoms with Gasteiger partial charge in [0.15, 0.2) is 0 Å². The Balaban J connectivity index is 2.28. The van der Waals surface area contributed by atoms with Crippen molar-refractivity contribution in [3.8, 4) is 0 Å². The molecule has 6 nitrogen and oxygen atoms in total. The Labute approximate surface area is 114 Å². The Hall–Kier alpha value is -1.40. The van der Waals surface area contributed by atoms with Gasteiger partial charge in [-0.1, -0.05) is 0 Å². The molecule has 1 aromatic rings. The molecule has 0 saturated carbocycles. The lowest BCUT2D eigenvalue weighted by atomic mass is 10.1. The van der Waals surface area contributed by atoms with Gasteiger partial charge < -0.3 is 16.0 Å². The van der Waals surface area contributed by atoms with Crippen LogP contribution in [0.3, 0.4) is 0 Å². The number of carbonyl (C=O) groups is 1. The van der Waals surface area contributed by atoms with Crippen LogP contribution in [0.1, 0.15) is 31.9 Å². The zero-order chi connectivity index (χ0) is 14.4. The topological polar surface area (TPSA) is 76.2 Å². The second kappa shape index (κ2) is 7.25. The van der Waals surface area contributed by atoms with E-state index in [1.807, 2.05) is 0 Å². The van der Waals surface area contributed by atoms with E-state index < -0.39 is 6.04 Å². The van der Waals surface area contributed by atoms with Gasteiger partial charge in [-0.2, -0.15) is 5.10 Å². The number of carbonyl (C=O) groups excluding carboxylic acids is 1. The lowest BCUT2D eigenvalue weighted by Gasteiger charge is -2.20. The monoisotopic (exact) mass is 267 g/mol. The minimum Gasteiger partial charge on any atom is -0.354 e. The van der Waals surface area contributed by atoms with Crippen molar-refractivity contribution in [2.24, 2.45) is 12.8 Å². The molecular weight excluding hydrogens is 242 g/mol. The van der Waals surface area contributed by atoms with E-state index >= 15 is 0 Å². The van der Waals surface area contributed by atoms with Gasteiger partial charge in [0, 0.05) is 31.4 Å². The molecule has 0 saturated heterocycles. The molecule has 1 heterocycles. The van der Waals surface area contributed by atoms with Crippen LogP contribution in [0.4, 0.5) is 0 Å². The average molecular weight is 267 g/mol. The molecule has 0 aliphatic carbocycles. The van der Waals surface area contributed by atoms with Crippen LogP contribution in [0.25, 0.3) is 0 Å². The first kappa shape index (κ1) is 15.7. The minimum absolute atomic E-state index is 0.153. The maximum absolute atomic E-state index is 11.8. The summed E-state index contributed by atoms with van der Waals surface area (Å²) < 4.78 is 1.64. The Bertz CT molecular complexity index is 401. The molecule has 19 heavy (non-hydrogen) atoms. The average Bonchev–Trinajstić information content (AvgIpc) is 2.79. The molecule has 1 atom stereocenters. The van der Waals surface area contributed by atoms with E-state index in [1.165, 1.54) is 0 Å². The molecule has 3 N–H and O–H groups in total. The number of nitrogens with two attached hydrogens (primary N) is 1. The summed E-state index contributed by atoms with van der Waals surface area (Å²) >= 11 is 0. The second-order valence-electron chi connectivity index (χ2n) is 5.14. The van der Waals surface area contributed by atoms with Crippen molar-refractivity contribution >= 4 is 5.91 Å². The lowest BCUT2D eigenvalue weighted by Crippen LogP contribution is -2.36. The van der Waals surface area contributed by atoms with E-state index in [0.717, 1.165) is 18.5 Å². The second-order valence-corrected chi connectivity index (χ2v) is 5.14. The fourth-order valence-corrected chi connectivity index (χ4v) is 1.66. The largest absolute Gasteiger partial charge is 0.354 e. The van der Waals surface area contributed by atoms with Crippen molar-refractivity contribution in [3.63, 3.8) is 0 Å². The molecular formula is C13H25N5O. The van der Waals surface area contributed by atoms with Gasteiger partial charge in [0.25, 0.3) is 0 Å². The summed E-state index contributed by atoms with van der Waals surface area (Å²) in [5, 5.41) is 6.87. The fraction of sp³-hybridized carbons (Fsp3) is 0.692. The maximum Gasteiger partial charge on any atom is 0.241 e. The van der Waals surface area contributed by atoms with E-state index in [0.29, 0.717) is 12.6 Å². The molecule has 1 aromatic heterocycles.